The average molecular weight is 363 g/mol. The molecule has 0 saturated heterocycles. The van der Waals surface area contributed by atoms with E-state index in [4.69, 9.17) is 25.8 Å². The van der Waals surface area contributed by atoms with Crippen molar-refractivity contribution < 1.29 is 19.0 Å². The summed E-state index contributed by atoms with van der Waals surface area (Å²) in [5.74, 6) is 2.08. The Morgan fingerprint density at radius 2 is 2.04 bits per heavy atom. The van der Waals surface area contributed by atoms with Crippen molar-refractivity contribution >= 4 is 23.2 Å². The van der Waals surface area contributed by atoms with Crippen LogP contribution < -0.4 is 24.8 Å². The molecule has 2 aromatic rings. The molecule has 0 saturated carbocycles. The maximum absolute atomic E-state index is 12.0. The number of anilines is 1. The first-order valence-corrected chi connectivity index (χ1v) is 8.26. The molecule has 1 heterocycles. The first-order valence-electron chi connectivity index (χ1n) is 7.88. The normalized spacial score (nSPS) is 11.9. The standard InChI is InChI=1S/C18H19ClN2O4/c1-23-15-5-3-13(19)9-14(15)20-7-6-18(22)21-10-12-2-4-16-17(8-12)25-11-24-16/h2-5,8-9,20H,6-7,10-11H2,1H3,(H,21,22). The van der Waals surface area contributed by atoms with E-state index in [1.54, 1.807) is 25.3 Å². The average Bonchev–Trinajstić information content (AvgIpc) is 3.08. The smallest absolute Gasteiger partial charge is 0.231 e. The molecule has 0 spiro atoms. The third-order valence-electron chi connectivity index (χ3n) is 3.76. The second kappa shape index (κ2) is 7.98. The second-order valence-electron chi connectivity index (χ2n) is 5.49. The van der Waals surface area contributed by atoms with Crippen LogP contribution in [0.4, 0.5) is 5.69 Å². The highest BCUT2D eigenvalue weighted by Gasteiger charge is 2.13. The van der Waals surface area contributed by atoms with Crippen LogP contribution in [0.2, 0.25) is 5.02 Å². The molecule has 0 aliphatic carbocycles. The first-order chi connectivity index (χ1) is 12.2. The summed E-state index contributed by atoms with van der Waals surface area (Å²) in [6, 6.07) is 10.9. The predicted molar refractivity (Wildman–Crippen MR) is 95.5 cm³/mol. The van der Waals surface area contributed by atoms with Crippen LogP contribution in [-0.2, 0) is 11.3 Å². The number of amides is 1. The third kappa shape index (κ3) is 4.48. The molecule has 7 heteroatoms. The minimum atomic E-state index is -0.0499. The van der Waals surface area contributed by atoms with Crippen molar-refractivity contribution in [2.24, 2.45) is 0 Å². The molecule has 6 nitrogen and oxygen atoms in total. The van der Waals surface area contributed by atoms with Crippen LogP contribution in [0, 0.1) is 0 Å². The van der Waals surface area contributed by atoms with E-state index in [1.807, 2.05) is 18.2 Å². The number of fused-ring (bicyclic) bond motifs is 1. The number of hydrogen-bond acceptors (Lipinski definition) is 5. The molecule has 1 aliphatic heterocycles. The first kappa shape index (κ1) is 17.2. The zero-order valence-corrected chi connectivity index (χ0v) is 14.6. The Bertz CT molecular complexity index is 767. The predicted octanol–water partition coefficient (Wildman–Crippen LogP) is 3.20. The molecule has 0 unspecified atom stereocenters. The van der Waals surface area contributed by atoms with Gasteiger partial charge in [-0.3, -0.25) is 4.79 Å². The minimum absolute atomic E-state index is 0.0499. The number of rotatable bonds is 7. The number of methoxy groups -OCH3 is 1. The van der Waals surface area contributed by atoms with E-state index in [0.717, 1.165) is 17.0 Å². The molecule has 0 bridgehead atoms. The number of hydrogen-bond donors (Lipinski definition) is 2. The fourth-order valence-electron chi connectivity index (χ4n) is 2.47. The second-order valence-corrected chi connectivity index (χ2v) is 5.92. The summed E-state index contributed by atoms with van der Waals surface area (Å²) < 4.78 is 15.8. The quantitative estimate of drug-likeness (QED) is 0.791. The van der Waals surface area contributed by atoms with E-state index >= 15 is 0 Å². The lowest BCUT2D eigenvalue weighted by atomic mass is 10.2. The Balaban J connectivity index is 1.45. The maximum Gasteiger partial charge on any atom is 0.231 e. The van der Waals surface area contributed by atoms with Gasteiger partial charge in [-0.1, -0.05) is 17.7 Å². The molecule has 2 aromatic carbocycles. The van der Waals surface area contributed by atoms with Crippen LogP contribution >= 0.6 is 11.6 Å². The van der Waals surface area contributed by atoms with Crippen LogP contribution in [0.25, 0.3) is 0 Å². The topological polar surface area (TPSA) is 68.8 Å². The monoisotopic (exact) mass is 362 g/mol. The van der Waals surface area contributed by atoms with Crippen molar-refractivity contribution in [3.05, 3.63) is 47.0 Å². The van der Waals surface area contributed by atoms with Crippen molar-refractivity contribution in [2.75, 3.05) is 25.8 Å². The molecule has 0 fully saturated rings. The number of benzene rings is 2. The van der Waals surface area contributed by atoms with Gasteiger partial charge in [0.15, 0.2) is 11.5 Å². The Hall–Kier alpha value is -2.60. The summed E-state index contributed by atoms with van der Waals surface area (Å²) >= 11 is 5.98. The van der Waals surface area contributed by atoms with Crippen LogP contribution in [0.5, 0.6) is 17.2 Å². The van der Waals surface area contributed by atoms with E-state index in [9.17, 15) is 4.79 Å². The lowest BCUT2D eigenvalue weighted by Crippen LogP contribution is -2.24. The van der Waals surface area contributed by atoms with Gasteiger partial charge in [0.05, 0.1) is 12.8 Å². The van der Waals surface area contributed by atoms with Crippen molar-refractivity contribution in [3.8, 4) is 17.2 Å². The molecular weight excluding hydrogens is 344 g/mol. The van der Waals surface area contributed by atoms with Gasteiger partial charge in [0.2, 0.25) is 12.7 Å². The maximum atomic E-state index is 12.0. The minimum Gasteiger partial charge on any atom is -0.495 e. The van der Waals surface area contributed by atoms with Gasteiger partial charge in [-0.2, -0.15) is 0 Å². The Morgan fingerprint density at radius 1 is 1.20 bits per heavy atom. The van der Waals surface area contributed by atoms with Gasteiger partial charge in [-0.15, -0.1) is 0 Å². The van der Waals surface area contributed by atoms with Gasteiger partial charge < -0.3 is 24.8 Å². The molecule has 25 heavy (non-hydrogen) atoms. The Kier molecular flexibility index (Phi) is 5.50. The van der Waals surface area contributed by atoms with Gasteiger partial charge in [0, 0.05) is 24.5 Å². The SMILES string of the molecule is COc1ccc(Cl)cc1NCCC(=O)NCc1ccc2c(c1)OCO2. The van der Waals surface area contributed by atoms with E-state index in [2.05, 4.69) is 10.6 Å². The van der Waals surface area contributed by atoms with E-state index < -0.39 is 0 Å². The zero-order chi connectivity index (χ0) is 17.6. The molecular formula is C18H19ClN2O4. The number of carbonyl (C=O) groups is 1. The van der Waals surface area contributed by atoms with Crippen molar-refractivity contribution in [1.82, 2.24) is 5.32 Å². The number of halogens is 1. The molecule has 0 atom stereocenters. The zero-order valence-electron chi connectivity index (χ0n) is 13.8. The number of carbonyl (C=O) groups excluding carboxylic acids is 1. The van der Waals surface area contributed by atoms with Gasteiger partial charge in [-0.25, -0.2) is 0 Å². The molecule has 0 aromatic heterocycles. The molecule has 1 amide bonds. The summed E-state index contributed by atoms with van der Waals surface area (Å²) in [6.07, 6.45) is 0.334. The van der Waals surface area contributed by atoms with E-state index in [-0.39, 0.29) is 12.7 Å². The summed E-state index contributed by atoms with van der Waals surface area (Å²) in [4.78, 5) is 12.0. The van der Waals surface area contributed by atoms with Gasteiger partial charge >= 0.3 is 0 Å². The van der Waals surface area contributed by atoms with Gasteiger partial charge in [-0.05, 0) is 35.9 Å². The van der Waals surface area contributed by atoms with E-state index in [0.29, 0.717) is 36.0 Å². The van der Waals surface area contributed by atoms with Crippen LogP contribution in [-0.4, -0.2) is 26.4 Å². The summed E-state index contributed by atoms with van der Waals surface area (Å²) in [5, 5.41) is 6.65. The number of ether oxygens (including phenoxy) is 3. The van der Waals surface area contributed by atoms with Gasteiger partial charge in [0.1, 0.15) is 5.75 Å². The van der Waals surface area contributed by atoms with Crippen LogP contribution in [0.3, 0.4) is 0 Å². The lowest BCUT2D eigenvalue weighted by molar-refractivity contribution is -0.121. The van der Waals surface area contributed by atoms with Crippen molar-refractivity contribution in [3.63, 3.8) is 0 Å². The summed E-state index contributed by atoms with van der Waals surface area (Å²) in [7, 11) is 1.59. The Labute approximate surface area is 151 Å². The summed E-state index contributed by atoms with van der Waals surface area (Å²) in [5.41, 5.74) is 1.72. The molecule has 0 radical (unpaired) electrons. The van der Waals surface area contributed by atoms with Crippen molar-refractivity contribution in [1.29, 1.82) is 0 Å². The molecule has 1 aliphatic rings. The molecule has 2 N–H and O–H groups in total. The van der Waals surface area contributed by atoms with Crippen LogP contribution in [0.1, 0.15) is 12.0 Å². The lowest BCUT2D eigenvalue weighted by Gasteiger charge is -2.11. The third-order valence-corrected chi connectivity index (χ3v) is 3.99. The van der Waals surface area contributed by atoms with Crippen LogP contribution in [0.15, 0.2) is 36.4 Å². The highest BCUT2D eigenvalue weighted by Crippen LogP contribution is 2.32. The Morgan fingerprint density at radius 3 is 2.88 bits per heavy atom. The fraction of sp³-hybridized carbons (Fsp3) is 0.278. The van der Waals surface area contributed by atoms with Crippen molar-refractivity contribution in [2.45, 2.75) is 13.0 Å². The van der Waals surface area contributed by atoms with E-state index in [1.165, 1.54) is 0 Å². The molecule has 3 rings (SSSR count). The largest absolute Gasteiger partial charge is 0.495 e. The fourth-order valence-corrected chi connectivity index (χ4v) is 2.64. The highest BCUT2D eigenvalue weighted by atomic mass is 35.5. The number of nitrogens with one attached hydrogen (secondary N) is 2. The van der Waals surface area contributed by atoms with Gasteiger partial charge in [0.25, 0.3) is 0 Å². The highest BCUT2D eigenvalue weighted by molar-refractivity contribution is 6.30. The molecule has 132 valence electrons. The summed E-state index contributed by atoms with van der Waals surface area (Å²) in [6.45, 7) is 1.16.